The fourth-order valence-electron chi connectivity index (χ4n) is 2.14. The van der Waals surface area contributed by atoms with E-state index in [0.717, 1.165) is 21.8 Å². The number of hydrogen-bond donors (Lipinski definition) is 2. The van der Waals surface area contributed by atoms with Crippen LogP contribution in [0, 0.1) is 3.95 Å². The molecule has 1 heterocycles. The van der Waals surface area contributed by atoms with Crippen molar-refractivity contribution in [1.29, 1.82) is 0 Å². The van der Waals surface area contributed by atoms with Crippen molar-refractivity contribution in [3.05, 3.63) is 39.8 Å². The lowest BCUT2D eigenvalue weighted by Gasteiger charge is -2.26. The Labute approximate surface area is 161 Å². The smallest absolute Gasteiger partial charge is 0.423 e. The first-order valence-corrected chi connectivity index (χ1v) is 9.32. The maximum absolute atomic E-state index is 12.8. The van der Waals surface area contributed by atoms with E-state index in [4.69, 9.17) is 22.7 Å². The number of rotatable bonds is 5. The van der Waals surface area contributed by atoms with Gasteiger partial charge in [0.1, 0.15) is 5.60 Å². The van der Waals surface area contributed by atoms with E-state index in [1.54, 1.807) is 20.8 Å². The number of amides is 2. The third kappa shape index (κ3) is 5.72. The molecule has 2 rings (SSSR count). The highest BCUT2D eigenvalue weighted by Gasteiger charge is 2.33. The summed E-state index contributed by atoms with van der Waals surface area (Å²) in [5.74, 6) is -0.576. The van der Waals surface area contributed by atoms with Crippen molar-refractivity contribution in [2.45, 2.75) is 45.3 Å². The topological polar surface area (TPSA) is 101 Å². The van der Waals surface area contributed by atoms with Gasteiger partial charge in [-0.05, 0) is 51.4 Å². The van der Waals surface area contributed by atoms with Gasteiger partial charge in [0.15, 0.2) is 3.95 Å². The molecular formula is C17H22N4O3S2. The van der Waals surface area contributed by atoms with Crippen molar-refractivity contribution >= 4 is 40.7 Å². The Kier molecular flexibility index (Phi) is 6.63. The first-order valence-electron chi connectivity index (χ1n) is 8.09. The molecule has 140 valence electrons. The second kappa shape index (κ2) is 8.52. The first-order chi connectivity index (χ1) is 12.2. The number of nitrogens with two attached hydrogens (primary N) is 1. The third-order valence-corrected chi connectivity index (χ3v) is 4.39. The van der Waals surface area contributed by atoms with Gasteiger partial charge in [0.05, 0.1) is 6.04 Å². The Hall–Kier alpha value is -2.10. The Morgan fingerprint density at radius 2 is 2.00 bits per heavy atom. The van der Waals surface area contributed by atoms with Gasteiger partial charge in [-0.1, -0.05) is 41.7 Å². The second-order valence-electron chi connectivity index (χ2n) is 6.68. The minimum Gasteiger partial charge on any atom is -0.443 e. The predicted octanol–water partition coefficient (Wildman–Crippen LogP) is 3.43. The van der Waals surface area contributed by atoms with Gasteiger partial charge in [-0.25, -0.2) is 4.79 Å². The fraction of sp³-hybridized carbons (Fsp3) is 0.412. The molecule has 0 radical (unpaired) electrons. The summed E-state index contributed by atoms with van der Waals surface area (Å²) in [6.07, 6.45) is 0.180. The molecule has 2 aromatic rings. The summed E-state index contributed by atoms with van der Waals surface area (Å²) in [6, 6.07) is 8.81. The minimum atomic E-state index is -0.875. The summed E-state index contributed by atoms with van der Waals surface area (Å²) in [4.78, 5) is 26.2. The molecule has 0 bridgehead atoms. The zero-order valence-corrected chi connectivity index (χ0v) is 16.5. The quantitative estimate of drug-likeness (QED) is 0.754. The molecule has 0 saturated heterocycles. The summed E-state index contributed by atoms with van der Waals surface area (Å²) in [5, 5.41) is 6.60. The van der Waals surface area contributed by atoms with Crippen LogP contribution < -0.4 is 10.6 Å². The number of aromatic nitrogens is 2. The van der Waals surface area contributed by atoms with Gasteiger partial charge < -0.3 is 10.5 Å². The van der Waals surface area contributed by atoms with Gasteiger partial charge in [-0.15, -0.1) is 5.10 Å². The van der Waals surface area contributed by atoms with Crippen molar-refractivity contribution < 1.29 is 14.3 Å². The summed E-state index contributed by atoms with van der Waals surface area (Å²) < 4.78 is 5.67. The van der Waals surface area contributed by atoms with Crippen LogP contribution in [0.15, 0.2) is 30.3 Å². The monoisotopic (exact) mass is 394 g/mol. The average molecular weight is 395 g/mol. The van der Waals surface area contributed by atoms with Crippen LogP contribution in [0.2, 0.25) is 0 Å². The van der Waals surface area contributed by atoms with E-state index < -0.39 is 23.6 Å². The minimum absolute atomic E-state index is 0.115. The summed E-state index contributed by atoms with van der Waals surface area (Å²) in [7, 11) is 0. The average Bonchev–Trinajstić information content (AvgIpc) is 2.98. The Balaban J connectivity index is 2.16. The van der Waals surface area contributed by atoms with E-state index in [1.807, 2.05) is 30.3 Å². The highest BCUT2D eigenvalue weighted by molar-refractivity contribution is 7.73. The molecular weight excluding hydrogens is 372 g/mol. The second-order valence-corrected chi connectivity index (χ2v) is 8.32. The van der Waals surface area contributed by atoms with E-state index in [0.29, 0.717) is 16.8 Å². The SMILES string of the molecule is CC(C)(C)OC(=O)N(C(=O)[C@@H](N)CCc1ccccc1)c1n[nH]c(=S)s1. The van der Waals surface area contributed by atoms with Crippen LogP contribution in [0.3, 0.4) is 0 Å². The van der Waals surface area contributed by atoms with E-state index in [-0.39, 0.29) is 5.13 Å². The van der Waals surface area contributed by atoms with Crippen LogP contribution in [0.1, 0.15) is 32.8 Å². The number of imide groups is 1. The molecule has 0 fully saturated rings. The van der Waals surface area contributed by atoms with Crippen LogP contribution in [0.4, 0.5) is 9.93 Å². The number of ether oxygens (including phenoxy) is 1. The lowest BCUT2D eigenvalue weighted by Crippen LogP contribution is -2.49. The Morgan fingerprint density at radius 1 is 1.35 bits per heavy atom. The number of anilines is 1. The molecule has 0 saturated carbocycles. The normalized spacial score (nSPS) is 12.5. The van der Waals surface area contributed by atoms with Gasteiger partial charge >= 0.3 is 6.09 Å². The number of H-pyrrole nitrogens is 1. The summed E-state index contributed by atoms with van der Waals surface area (Å²) in [6.45, 7) is 5.15. The summed E-state index contributed by atoms with van der Waals surface area (Å²) in [5.41, 5.74) is 6.36. The molecule has 0 aliphatic heterocycles. The first kappa shape index (κ1) is 20.2. The van der Waals surface area contributed by atoms with Gasteiger partial charge in [0.2, 0.25) is 5.13 Å². The van der Waals surface area contributed by atoms with Crippen molar-refractivity contribution in [3.8, 4) is 0 Å². The fourth-order valence-corrected chi connectivity index (χ4v) is 3.02. The van der Waals surface area contributed by atoms with Crippen LogP contribution in [-0.4, -0.2) is 33.8 Å². The number of carbonyl (C=O) groups excluding carboxylic acids is 2. The predicted molar refractivity (Wildman–Crippen MR) is 104 cm³/mol. The lowest BCUT2D eigenvalue weighted by molar-refractivity contribution is -0.119. The molecule has 9 heteroatoms. The van der Waals surface area contributed by atoms with Crippen molar-refractivity contribution in [3.63, 3.8) is 0 Å². The lowest BCUT2D eigenvalue weighted by atomic mass is 10.1. The largest absolute Gasteiger partial charge is 0.443 e. The molecule has 0 aliphatic rings. The number of benzene rings is 1. The molecule has 1 aromatic carbocycles. The number of hydrogen-bond acceptors (Lipinski definition) is 7. The molecule has 0 aliphatic carbocycles. The summed E-state index contributed by atoms with van der Waals surface area (Å²) >= 11 is 6.00. The number of aryl methyl sites for hydroxylation is 1. The molecule has 0 spiro atoms. The van der Waals surface area contributed by atoms with Gasteiger partial charge in [-0.3, -0.25) is 9.89 Å². The zero-order valence-electron chi connectivity index (χ0n) is 14.9. The van der Waals surface area contributed by atoms with E-state index in [9.17, 15) is 9.59 Å². The maximum atomic E-state index is 12.8. The van der Waals surface area contributed by atoms with Crippen molar-refractivity contribution in [1.82, 2.24) is 10.2 Å². The highest BCUT2D eigenvalue weighted by Crippen LogP contribution is 2.22. The molecule has 26 heavy (non-hydrogen) atoms. The van der Waals surface area contributed by atoms with E-state index in [2.05, 4.69) is 10.2 Å². The molecule has 1 aromatic heterocycles. The maximum Gasteiger partial charge on any atom is 0.423 e. The number of nitrogens with one attached hydrogen (secondary N) is 1. The van der Waals surface area contributed by atoms with Crippen LogP contribution >= 0.6 is 23.6 Å². The molecule has 2 amide bonds. The number of nitrogens with zero attached hydrogens (tertiary/aromatic N) is 2. The molecule has 3 N–H and O–H groups in total. The van der Waals surface area contributed by atoms with Gasteiger partial charge in [0.25, 0.3) is 5.91 Å². The van der Waals surface area contributed by atoms with Crippen molar-refractivity contribution in [2.24, 2.45) is 5.73 Å². The zero-order chi connectivity index (χ0) is 19.3. The molecule has 7 nitrogen and oxygen atoms in total. The van der Waals surface area contributed by atoms with Crippen LogP contribution in [0.25, 0.3) is 0 Å². The Bertz CT molecular complexity index is 811. The highest BCUT2D eigenvalue weighted by atomic mass is 32.1. The third-order valence-electron chi connectivity index (χ3n) is 3.32. The van der Waals surface area contributed by atoms with E-state index in [1.165, 1.54) is 0 Å². The van der Waals surface area contributed by atoms with E-state index >= 15 is 0 Å². The Morgan fingerprint density at radius 3 is 2.54 bits per heavy atom. The van der Waals surface area contributed by atoms with Gasteiger partial charge in [0, 0.05) is 0 Å². The van der Waals surface area contributed by atoms with Crippen molar-refractivity contribution in [2.75, 3.05) is 4.90 Å². The molecule has 0 unspecified atom stereocenters. The molecule has 1 atom stereocenters. The van der Waals surface area contributed by atoms with Crippen LogP contribution in [-0.2, 0) is 16.0 Å². The number of carbonyl (C=O) groups is 2. The van der Waals surface area contributed by atoms with Crippen LogP contribution in [0.5, 0.6) is 0 Å². The standard InChI is InChI=1S/C17H22N4O3S2/c1-17(2,3)24-16(23)21(14-19-20-15(25)26-14)13(22)12(18)10-9-11-7-5-4-6-8-11/h4-8,12H,9-10,18H2,1-3H3,(H,20,25)/t12-/m0/s1. The van der Waals surface area contributed by atoms with Gasteiger partial charge in [-0.2, -0.15) is 4.90 Å². The number of aromatic amines is 1.